The van der Waals surface area contributed by atoms with Gasteiger partial charge in [-0.05, 0) is 55.8 Å². The Balaban J connectivity index is 1.71. The summed E-state index contributed by atoms with van der Waals surface area (Å²) in [6.45, 7) is 6.11. The number of nitrogens with zero attached hydrogens (tertiary/aromatic N) is 1. The van der Waals surface area contributed by atoms with Crippen molar-refractivity contribution in [1.82, 2.24) is 9.88 Å². The van der Waals surface area contributed by atoms with Gasteiger partial charge in [0, 0.05) is 23.1 Å². The van der Waals surface area contributed by atoms with Crippen molar-refractivity contribution >= 4 is 10.9 Å². The first kappa shape index (κ1) is 11.5. The molecular formula is C17H22N2. The van der Waals surface area contributed by atoms with Crippen LogP contribution >= 0.6 is 0 Å². The highest BCUT2D eigenvalue weighted by Crippen LogP contribution is 2.38. The van der Waals surface area contributed by atoms with Crippen molar-refractivity contribution in [2.45, 2.75) is 26.2 Å². The molecule has 1 aliphatic heterocycles. The highest BCUT2D eigenvalue weighted by atomic mass is 15.1. The molecule has 2 heteroatoms. The van der Waals surface area contributed by atoms with Crippen molar-refractivity contribution in [3.63, 3.8) is 0 Å². The van der Waals surface area contributed by atoms with Crippen LogP contribution < -0.4 is 0 Å². The Morgan fingerprint density at radius 2 is 2.11 bits per heavy atom. The van der Waals surface area contributed by atoms with Gasteiger partial charge in [0.2, 0.25) is 0 Å². The number of likely N-dealkylation sites (tertiary alicyclic amines) is 1. The Hall–Kier alpha value is -1.28. The van der Waals surface area contributed by atoms with Crippen molar-refractivity contribution in [1.29, 1.82) is 0 Å². The highest BCUT2D eigenvalue weighted by molar-refractivity contribution is 5.84. The number of aromatic nitrogens is 1. The molecule has 1 fully saturated rings. The molecule has 19 heavy (non-hydrogen) atoms. The van der Waals surface area contributed by atoms with Gasteiger partial charge in [-0.1, -0.05) is 25.1 Å². The van der Waals surface area contributed by atoms with E-state index in [0.29, 0.717) is 0 Å². The van der Waals surface area contributed by atoms with Crippen LogP contribution in [0.3, 0.4) is 0 Å². The van der Waals surface area contributed by atoms with Gasteiger partial charge in [-0.25, -0.2) is 0 Å². The number of aromatic amines is 1. The third kappa shape index (κ3) is 1.81. The summed E-state index contributed by atoms with van der Waals surface area (Å²) in [6, 6.07) is 8.80. The molecule has 2 heterocycles. The summed E-state index contributed by atoms with van der Waals surface area (Å²) >= 11 is 0. The maximum atomic E-state index is 3.66. The number of hydrogen-bond acceptors (Lipinski definition) is 1. The fourth-order valence-corrected chi connectivity index (χ4v) is 4.13. The van der Waals surface area contributed by atoms with E-state index in [0.717, 1.165) is 11.8 Å². The van der Waals surface area contributed by atoms with Crippen LogP contribution in [0.4, 0.5) is 0 Å². The van der Waals surface area contributed by atoms with Crippen LogP contribution in [0, 0.1) is 11.8 Å². The van der Waals surface area contributed by atoms with Crippen LogP contribution in [0.1, 0.15) is 24.6 Å². The van der Waals surface area contributed by atoms with Crippen LogP contribution in [-0.4, -0.2) is 29.5 Å². The number of benzene rings is 1. The normalized spacial score (nSPS) is 27.2. The first-order valence-electron chi connectivity index (χ1n) is 7.66. The lowest BCUT2D eigenvalue weighted by atomic mass is 9.74. The van der Waals surface area contributed by atoms with Crippen molar-refractivity contribution in [3.8, 4) is 0 Å². The molecule has 1 aliphatic carbocycles. The quantitative estimate of drug-likeness (QED) is 0.828. The predicted octanol–water partition coefficient (Wildman–Crippen LogP) is 3.22. The molecule has 0 unspecified atom stereocenters. The van der Waals surface area contributed by atoms with E-state index in [1.54, 1.807) is 5.56 Å². The Morgan fingerprint density at radius 3 is 3.00 bits per heavy atom. The van der Waals surface area contributed by atoms with Gasteiger partial charge >= 0.3 is 0 Å². The van der Waals surface area contributed by atoms with Gasteiger partial charge in [0.05, 0.1) is 0 Å². The SMILES string of the molecule is CCN1CC[C@@H]2Cc3[nH]c4ccccc4c3C[C@@H]2C1. The second kappa shape index (κ2) is 4.38. The molecule has 2 nitrogen and oxygen atoms in total. The van der Waals surface area contributed by atoms with Crippen molar-refractivity contribution in [2.24, 2.45) is 11.8 Å². The van der Waals surface area contributed by atoms with E-state index in [-0.39, 0.29) is 0 Å². The van der Waals surface area contributed by atoms with Gasteiger partial charge in [-0.3, -0.25) is 0 Å². The van der Waals surface area contributed by atoms with Crippen LogP contribution in [0.2, 0.25) is 0 Å². The average molecular weight is 254 g/mol. The van der Waals surface area contributed by atoms with Gasteiger partial charge < -0.3 is 9.88 Å². The van der Waals surface area contributed by atoms with E-state index >= 15 is 0 Å². The summed E-state index contributed by atoms with van der Waals surface area (Å²) in [5.41, 5.74) is 4.46. The number of rotatable bonds is 1. The molecule has 1 N–H and O–H groups in total. The lowest BCUT2D eigenvalue weighted by molar-refractivity contribution is 0.116. The molecular weight excluding hydrogens is 232 g/mol. The molecule has 1 saturated heterocycles. The summed E-state index contributed by atoms with van der Waals surface area (Å²) in [7, 11) is 0. The maximum absolute atomic E-state index is 3.66. The lowest BCUT2D eigenvalue weighted by Gasteiger charge is -2.40. The molecule has 0 spiro atoms. The largest absolute Gasteiger partial charge is 0.358 e. The van der Waals surface area contributed by atoms with Gasteiger partial charge in [0.25, 0.3) is 0 Å². The van der Waals surface area contributed by atoms with E-state index in [2.05, 4.69) is 41.1 Å². The number of piperidine rings is 1. The van der Waals surface area contributed by atoms with Gasteiger partial charge in [0.1, 0.15) is 0 Å². The molecule has 1 aromatic carbocycles. The van der Waals surface area contributed by atoms with Crippen LogP contribution in [0.5, 0.6) is 0 Å². The summed E-state index contributed by atoms with van der Waals surface area (Å²) in [5, 5.41) is 1.46. The Morgan fingerprint density at radius 1 is 1.21 bits per heavy atom. The predicted molar refractivity (Wildman–Crippen MR) is 79.4 cm³/mol. The molecule has 1 aromatic heterocycles. The third-order valence-electron chi connectivity index (χ3n) is 5.26. The van der Waals surface area contributed by atoms with E-state index in [1.807, 2.05) is 0 Å². The molecule has 100 valence electrons. The standard InChI is InChI=1S/C17H22N2/c1-2-19-8-7-12-10-17-15(9-13(12)11-19)14-5-3-4-6-16(14)18-17/h3-6,12-13,18H,2,7-11H2,1H3/t12-,13-/m1/s1. The molecule has 2 aromatic rings. The van der Waals surface area contributed by atoms with Crippen molar-refractivity contribution < 1.29 is 0 Å². The molecule has 0 amide bonds. The first-order valence-corrected chi connectivity index (χ1v) is 7.66. The van der Waals surface area contributed by atoms with Gasteiger partial charge in [-0.15, -0.1) is 0 Å². The monoisotopic (exact) mass is 254 g/mol. The van der Waals surface area contributed by atoms with Crippen LogP contribution in [0.25, 0.3) is 10.9 Å². The maximum Gasteiger partial charge on any atom is 0.0458 e. The van der Waals surface area contributed by atoms with E-state index in [1.165, 1.54) is 55.5 Å². The Labute approximate surface area is 114 Å². The summed E-state index contributed by atoms with van der Waals surface area (Å²) in [6.07, 6.45) is 3.93. The average Bonchev–Trinajstić information content (AvgIpc) is 2.82. The van der Waals surface area contributed by atoms with E-state index in [9.17, 15) is 0 Å². The van der Waals surface area contributed by atoms with Crippen molar-refractivity contribution in [3.05, 3.63) is 35.5 Å². The van der Waals surface area contributed by atoms with E-state index in [4.69, 9.17) is 0 Å². The minimum Gasteiger partial charge on any atom is -0.358 e. The minimum atomic E-state index is 0.875. The number of nitrogens with one attached hydrogen (secondary N) is 1. The minimum absolute atomic E-state index is 0.875. The molecule has 0 bridgehead atoms. The van der Waals surface area contributed by atoms with Gasteiger partial charge in [-0.2, -0.15) is 0 Å². The zero-order valence-electron chi connectivity index (χ0n) is 11.7. The summed E-state index contributed by atoms with van der Waals surface area (Å²) in [5.74, 6) is 1.78. The van der Waals surface area contributed by atoms with Crippen LogP contribution in [-0.2, 0) is 12.8 Å². The zero-order valence-corrected chi connectivity index (χ0v) is 11.7. The topological polar surface area (TPSA) is 19.0 Å². The zero-order chi connectivity index (χ0) is 12.8. The van der Waals surface area contributed by atoms with Gasteiger partial charge in [0.15, 0.2) is 0 Å². The molecule has 4 rings (SSSR count). The second-order valence-corrected chi connectivity index (χ2v) is 6.24. The summed E-state index contributed by atoms with van der Waals surface area (Å²) in [4.78, 5) is 6.29. The summed E-state index contributed by atoms with van der Waals surface area (Å²) < 4.78 is 0. The first-order chi connectivity index (χ1) is 9.35. The number of H-pyrrole nitrogens is 1. The number of para-hydroxylation sites is 1. The Kier molecular flexibility index (Phi) is 2.66. The third-order valence-corrected chi connectivity index (χ3v) is 5.26. The highest BCUT2D eigenvalue weighted by Gasteiger charge is 2.34. The number of hydrogen-bond donors (Lipinski definition) is 1. The molecule has 2 aliphatic rings. The Bertz CT molecular complexity index is 598. The fraction of sp³-hybridized carbons (Fsp3) is 0.529. The number of fused-ring (bicyclic) bond motifs is 4. The lowest BCUT2D eigenvalue weighted by Crippen LogP contribution is -2.43. The fourth-order valence-electron chi connectivity index (χ4n) is 4.13. The van der Waals surface area contributed by atoms with Crippen molar-refractivity contribution in [2.75, 3.05) is 19.6 Å². The molecule has 2 atom stereocenters. The second-order valence-electron chi connectivity index (χ2n) is 6.24. The molecule has 0 radical (unpaired) electrons. The van der Waals surface area contributed by atoms with E-state index < -0.39 is 0 Å². The van der Waals surface area contributed by atoms with Crippen LogP contribution in [0.15, 0.2) is 24.3 Å². The smallest absolute Gasteiger partial charge is 0.0458 e. The molecule has 0 saturated carbocycles.